The minimum atomic E-state index is -0.616. The molecule has 2 N–H and O–H groups in total. The average molecular weight is 400 g/mol. The summed E-state index contributed by atoms with van der Waals surface area (Å²) in [6, 6.07) is 19.1. The molecule has 27 heavy (non-hydrogen) atoms. The Labute approximate surface area is 166 Å². The predicted octanol–water partition coefficient (Wildman–Crippen LogP) is 6.06. The first kappa shape index (κ1) is 17.7. The Morgan fingerprint density at radius 3 is 2.04 bits per heavy atom. The van der Waals surface area contributed by atoms with Gasteiger partial charge in [0.05, 0.1) is 10.0 Å². The minimum Gasteiger partial charge on any atom is -0.505 e. The molecule has 1 amide bonds. The van der Waals surface area contributed by atoms with E-state index in [1.165, 1.54) is 23.3 Å². The third kappa shape index (κ3) is 3.34. The van der Waals surface area contributed by atoms with E-state index in [9.17, 15) is 9.90 Å². The quantitative estimate of drug-likeness (QED) is 0.526. The zero-order chi connectivity index (χ0) is 19.0. The average Bonchev–Trinajstić information content (AvgIpc) is 2.98. The zero-order valence-corrected chi connectivity index (χ0v) is 15.6. The van der Waals surface area contributed by atoms with Crippen molar-refractivity contribution in [2.75, 3.05) is 11.9 Å². The van der Waals surface area contributed by atoms with Gasteiger partial charge >= 0.3 is 6.09 Å². The molecule has 6 heteroatoms. The van der Waals surface area contributed by atoms with Crippen LogP contribution in [0.2, 0.25) is 10.0 Å². The lowest BCUT2D eigenvalue weighted by Crippen LogP contribution is -2.17. The molecule has 0 atom stereocenters. The van der Waals surface area contributed by atoms with E-state index >= 15 is 0 Å². The van der Waals surface area contributed by atoms with Gasteiger partial charge in [-0.3, -0.25) is 5.32 Å². The second-order valence-corrected chi connectivity index (χ2v) is 7.05. The zero-order valence-electron chi connectivity index (χ0n) is 14.1. The summed E-state index contributed by atoms with van der Waals surface area (Å²) in [5.41, 5.74) is 4.96. The number of aromatic hydroxyl groups is 1. The molecule has 1 aliphatic carbocycles. The first-order valence-electron chi connectivity index (χ1n) is 8.34. The Kier molecular flexibility index (Phi) is 4.68. The van der Waals surface area contributed by atoms with Gasteiger partial charge in [-0.15, -0.1) is 0 Å². The van der Waals surface area contributed by atoms with Gasteiger partial charge in [0, 0.05) is 11.6 Å². The van der Waals surface area contributed by atoms with E-state index in [1.807, 2.05) is 24.3 Å². The van der Waals surface area contributed by atoms with Crippen LogP contribution in [-0.2, 0) is 4.74 Å². The number of carbonyl (C=O) groups is 1. The summed E-state index contributed by atoms with van der Waals surface area (Å²) in [4.78, 5) is 12.2. The first-order chi connectivity index (χ1) is 13.0. The molecule has 4 rings (SSSR count). The number of carbonyl (C=O) groups excluding carboxylic acids is 1. The summed E-state index contributed by atoms with van der Waals surface area (Å²) < 4.78 is 5.45. The molecule has 0 bridgehead atoms. The Morgan fingerprint density at radius 2 is 1.48 bits per heavy atom. The lowest BCUT2D eigenvalue weighted by atomic mass is 9.98. The van der Waals surface area contributed by atoms with Crippen molar-refractivity contribution in [3.05, 3.63) is 81.8 Å². The number of amides is 1. The molecule has 0 aliphatic heterocycles. The van der Waals surface area contributed by atoms with Gasteiger partial charge < -0.3 is 9.84 Å². The normalized spacial score (nSPS) is 12.4. The standard InChI is InChI=1S/C21H15Cl2NO3/c22-18-9-12(10-19(23)20(18)25)24-21(26)27-11-17-15-7-3-1-5-13(15)14-6-2-4-8-16(14)17/h1-10,17,25H,11H2,(H,24,26). The summed E-state index contributed by atoms with van der Waals surface area (Å²) in [6.45, 7) is 0.208. The van der Waals surface area contributed by atoms with Crippen LogP contribution in [0.4, 0.5) is 10.5 Å². The van der Waals surface area contributed by atoms with E-state index in [1.54, 1.807) is 0 Å². The van der Waals surface area contributed by atoms with Crippen molar-refractivity contribution >= 4 is 35.0 Å². The van der Waals surface area contributed by atoms with Gasteiger partial charge in [-0.05, 0) is 34.4 Å². The number of halogens is 2. The summed E-state index contributed by atoms with van der Waals surface area (Å²) in [7, 11) is 0. The monoisotopic (exact) mass is 399 g/mol. The van der Waals surface area contributed by atoms with E-state index in [-0.39, 0.29) is 28.3 Å². The highest BCUT2D eigenvalue weighted by molar-refractivity contribution is 6.37. The lowest BCUT2D eigenvalue weighted by Gasteiger charge is -2.15. The van der Waals surface area contributed by atoms with Gasteiger partial charge in [0.25, 0.3) is 0 Å². The summed E-state index contributed by atoms with van der Waals surface area (Å²) >= 11 is 11.7. The van der Waals surface area contributed by atoms with Gasteiger partial charge in [0.15, 0.2) is 5.75 Å². The van der Waals surface area contributed by atoms with E-state index in [2.05, 4.69) is 29.6 Å². The van der Waals surface area contributed by atoms with Crippen LogP contribution in [0.25, 0.3) is 11.1 Å². The van der Waals surface area contributed by atoms with Gasteiger partial charge in [0.2, 0.25) is 0 Å². The van der Waals surface area contributed by atoms with Gasteiger partial charge in [-0.25, -0.2) is 4.79 Å². The fourth-order valence-electron chi connectivity index (χ4n) is 3.39. The highest BCUT2D eigenvalue weighted by Crippen LogP contribution is 2.44. The topological polar surface area (TPSA) is 58.6 Å². The maximum atomic E-state index is 12.2. The summed E-state index contributed by atoms with van der Waals surface area (Å²) in [6.07, 6.45) is -0.616. The number of anilines is 1. The number of phenolic OH excluding ortho intramolecular Hbond substituents is 1. The third-order valence-electron chi connectivity index (χ3n) is 4.61. The Hall–Kier alpha value is -2.69. The van der Waals surface area contributed by atoms with Crippen molar-refractivity contribution in [3.8, 4) is 16.9 Å². The number of hydrogen-bond acceptors (Lipinski definition) is 3. The predicted molar refractivity (Wildman–Crippen MR) is 107 cm³/mol. The lowest BCUT2D eigenvalue weighted by molar-refractivity contribution is 0.158. The van der Waals surface area contributed by atoms with Crippen molar-refractivity contribution in [1.82, 2.24) is 0 Å². The number of benzene rings is 3. The molecule has 3 aromatic rings. The molecule has 0 unspecified atom stereocenters. The molecule has 3 aromatic carbocycles. The van der Waals surface area contributed by atoms with E-state index < -0.39 is 6.09 Å². The number of ether oxygens (including phenoxy) is 1. The largest absolute Gasteiger partial charge is 0.505 e. The van der Waals surface area contributed by atoms with Crippen molar-refractivity contribution in [1.29, 1.82) is 0 Å². The van der Waals surface area contributed by atoms with Crippen LogP contribution >= 0.6 is 23.2 Å². The molecule has 1 aliphatic rings. The van der Waals surface area contributed by atoms with Gasteiger partial charge in [-0.1, -0.05) is 71.7 Å². The Morgan fingerprint density at radius 1 is 0.963 bits per heavy atom. The van der Waals surface area contributed by atoms with Crippen molar-refractivity contribution in [3.63, 3.8) is 0 Å². The SMILES string of the molecule is O=C(Nc1cc(Cl)c(O)c(Cl)c1)OCC1c2ccccc2-c2ccccc21. The van der Waals surface area contributed by atoms with Crippen molar-refractivity contribution in [2.24, 2.45) is 0 Å². The van der Waals surface area contributed by atoms with Gasteiger partial charge in [0.1, 0.15) is 6.61 Å². The molecule has 0 spiro atoms. The van der Waals surface area contributed by atoms with Crippen LogP contribution < -0.4 is 5.32 Å². The van der Waals surface area contributed by atoms with Crippen LogP contribution in [0.3, 0.4) is 0 Å². The number of hydrogen-bond donors (Lipinski definition) is 2. The number of fused-ring (bicyclic) bond motifs is 3. The molecular weight excluding hydrogens is 385 g/mol. The van der Waals surface area contributed by atoms with Crippen molar-refractivity contribution in [2.45, 2.75) is 5.92 Å². The highest BCUT2D eigenvalue weighted by Gasteiger charge is 2.29. The van der Waals surface area contributed by atoms with Crippen LogP contribution in [0.1, 0.15) is 17.0 Å². The molecular formula is C21H15Cl2NO3. The molecule has 136 valence electrons. The summed E-state index contributed by atoms with van der Waals surface area (Å²) in [5, 5.41) is 12.3. The minimum absolute atomic E-state index is 0.0184. The molecule has 0 heterocycles. The van der Waals surface area contributed by atoms with Crippen LogP contribution in [0, 0.1) is 0 Å². The maximum absolute atomic E-state index is 12.2. The second-order valence-electron chi connectivity index (χ2n) is 6.24. The molecule has 0 saturated carbocycles. The number of rotatable bonds is 3. The second kappa shape index (κ2) is 7.14. The van der Waals surface area contributed by atoms with Gasteiger partial charge in [-0.2, -0.15) is 0 Å². The molecule has 0 saturated heterocycles. The molecule has 4 nitrogen and oxygen atoms in total. The van der Waals surface area contributed by atoms with Crippen LogP contribution in [0.5, 0.6) is 5.75 Å². The number of nitrogens with one attached hydrogen (secondary N) is 1. The van der Waals surface area contributed by atoms with Crippen molar-refractivity contribution < 1.29 is 14.6 Å². The fraction of sp³-hybridized carbons (Fsp3) is 0.0952. The smallest absolute Gasteiger partial charge is 0.411 e. The molecule has 0 aromatic heterocycles. The number of phenols is 1. The third-order valence-corrected chi connectivity index (χ3v) is 5.18. The van der Waals surface area contributed by atoms with Crippen LogP contribution in [0.15, 0.2) is 60.7 Å². The van der Waals surface area contributed by atoms with E-state index in [0.717, 1.165) is 11.1 Å². The van der Waals surface area contributed by atoms with E-state index in [4.69, 9.17) is 27.9 Å². The molecule has 0 radical (unpaired) electrons. The first-order valence-corrected chi connectivity index (χ1v) is 9.10. The molecule has 0 fully saturated rings. The maximum Gasteiger partial charge on any atom is 0.411 e. The fourth-order valence-corrected chi connectivity index (χ4v) is 3.88. The van der Waals surface area contributed by atoms with E-state index in [0.29, 0.717) is 5.69 Å². The van der Waals surface area contributed by atoms with Crippen LogP contribution in [-0.4, -0.2) is 17.8 Å². The summed E-state index contributed by atoms with van der Waals surface area (Å²) in [5.74, 6) is -0.244. The Bertz CT molecular complexity index is 967. The Balaban J connectivity index is 1.50. The highest BCUT2D eigenvalue weighted by atomic mass is 35.5.